The molecule has 0 aliphatic heterocycles. The van der Waals surface area contributed by atoms with Gasteiger partial charge in [-0.2, -0.15) is 0 Å². The van der Waals surface area contributed by atoms with E-state index in [4.69, 9.17) is 4.74 Å². The largest absolute Gasteiger partial charge is 0.375 e. The molecule has 0 bridgehead atoms. The van der Waals surface area contributed by atoms with E-state index in [1.165, 1.54) is 18.5 Å². The smallest absolute Gasteiger partial charge is 0.0951 e. The van der Waals surface area contributed by atoms with Gasteiger partial charge in [-0.05, 0) is 33.6 Å². The Hall–Kier alpha value is -0.870. The van der Waals surface area contributed by atoms with Crippen LogP contribution in [-0.2, 0) is 11.3 Å². The van der Waals surface area contributed by atoms with Gasteiger partial charge < -0.3 is 14.6 Å². The van der Waals surface area contributed by atoms with Gasteiger partial charge in [0, 0.05) is 31.9 Å². The first kappa shape index (κ1) is 12.6. The highest BCUT2D eigenvalue weighted by molar-refractivity contribution is 5.03. The monoisotopic (exact) mass is 237 g/mol. The molecule has 96 valence electrons. The van der Waals surface area contributed by atoms with Gasteiger partial charge in [0.05, 0.1) is 17.6 Å². The van der Waals surface area contributed by atoms with Crippen LogP contribution in [0.15, 0.2) is 12.5 Å². The van der Waals surface area contributed by atoms with Crippen LogP contribution in [0, 0.1) is 0 Å². The second-order valence-electron chi connectivity index (χ2n) is 5.32. The summed E-state index contributed by atoms with van der Waals surface area (Å²) in [7, 11) is 0. The minimum absolute atomic E-state index is 0.0980. The summed E-state index contributed by atoms with van der Waals surface area (Å²) in [5.41, 5.74) is 1.18. The number of hydrogen-bond donors (Lipinski definition) is 1. The van der Waals surface area contributed by atoms with Gasteiger partial charge in [-0.15, -0.1) is 0 Å². The molecule has 1 fully saturated rings. The third kappa shape index (κ3) is 3.54. The highest BCUT2D eigenvalue weighted by Crippen LogP contribution is 2.35. The molecule has 1 aromatic rings. The van der Waals surface area contributed by atoms with E-state index < -0.39 is 0 Å². The van der Waals surface area contributed by atoms with Crippen molar-refractivity contribution in [1.82, 2.24) is 14.9 Å². The van der Waals surface area contributed by atoms with E-state index in [1.54, 1.807) is 0 Å². The Balaban J connectivity index is 1.79. The van der Waals surface area contributed by atoms with E-state index >= 15 is 0 Å². The van der Waals surface area contributed by atoms with Gasteiger partial charge in [0.2, 0.25) is 0 Å². The summed E-state index contributed by atoms with van der Waals surface area (Å²) in [6.07, 6.45) is 6.50. The Bertz CT molecular complexity index is 355. The van der Waals surface area contributed by atoms with Crippen LogP contribution < -0.4 is 5.32 Å². The van der Waals surface area contributed by atoms with Gasteiger partial charge in [-0.25, -0.2) is 4.98 Å². The van der Waals surface area contributed by atoms with Gasteiger partial charge in [-0.3, -0.25) is 0 Å². The summed E-state index contributed by atoms with van der Waals surface area (Å²) >= 11 is 0. The fourth-order valence-corrected chi connectivity index (χ4v) is 2.08. The number of nitrogens with zero attached hydrogens (tertiary/aromatic N) is 2. The number of nitrogens with one attached hydrogen (secondary N) is 1. The van der Waals surface area contributed by atoms with Crippen molar-refractivity contribution in [2.75, 3.05) is 13.2 Å². The van der Waals surface area contributed by atoms with Crippen molar-refractivity contribution in [3.63, 3.8) is 0 Å². The van der Waals surface area contributed by atoms with Gasteiger partial charge >= 0.3 is 0 Å². The first-order valence-corrected chi connectivity index (χ1v) is 6.48. The van der Waals surface area contributed by atoms with Crippen LogP contribution in [0.2, 0.25) is 0 Å². The molecule has 17 heavy (non-hydrogen) atoms. The van der Waals surface area contributed by atoms with Crippen molar-refractivity contribution in [2.45, 2.75) is 51.8 Å². The molecule has 0 radical (unpaired) electrons. The fourth-order valence-electron chi connectivity index (χ4n) is 2.08. The summed E-state index contributed by atoms with van der Waals surface area (Å²) < 4.78 is 7.95. The Morgan fingerprint density at radius 3 is 2.94 bits per heavy atom. The maximum atomic E-state index is 5.65. The summed E-state index contributed by atoms with van der Waals surface area (Å²) in [5.74, 6) is 0. The van der Waals surface area contributed by atoms with Crippen molar-refractivity contribution in [3.8, 4) is 0 Å². The fraction of sp³-hybridized carbons (Fsp3) is 0.769. The van der Waals surface area contributed by atoms with Crippen LogP contribution in [0.25, 0.3) is 0 Å². The zero-order chi connectivity index (χ0) is 12.3. The first-order chi connectivity index (χ1) is 8.12. The zero-order valence-corrected chi connectivity index (χ0v) is 11.1. The number of aromatic nitrogens is 2. The molecule has 1 heterocycles. The Labute approximate surface area is 103 Å². The number of imidazole rings is 1. The van der Waals surface area contributed by atoms with Crippen molar-refractivity contribution >= 4 is 0 Å². The van der Waals surface area contributed by atoms with Crippen molar-refractivity contribution in [2.24, 2.45) is 0 Å². The first-order valence-electron chi connectivity index (χ1n) is 6.48. The summed E-state index contributed by atoms with van der Waals surface area (Å²) in [6.45, 7) is 8.74. The standard InChI is InChI=1S/C13H23N3O/c1-4-17-13(2,3)9-14-7-12-8-15-10-16(12)11-5-6-11/h8,10-11,14H,4-7,9H2,1-3H3. The molecule has 0 unspecified atom stereocenters. The molecule has 4 nitrogen and oxygen atoms in total. The molecule has 2 rings (SSSR count). The molecule has 0 aromatic carbocycles. The van der Waals surface area contributed by atoms with Gasteiger partial charge in [0.25, 0.3) is 0 Å². The number of rotatable bonds is 7. The molecule has 0 amide bonds. The van der Waals surface area contributed by atoms with E-state index in [0.29, 0.717) is 6.04 Å². The van der Waals surface area contributed by atoms with Gasteiger partial charge in [0.15, 0.2) is 0 Å². The molecule has 1 aliphatic rings. The third-order valence-corrected chi connectivity index (χ3v) is 3.08. The molecule has 0 saturated heterocycles. The number of hydrogen-bond acceptors (Lipinski definition) is 3. The molecular formula is C13H23N3O. The van der Waals surface area contributed by atoms with E-state index in [1.807, 2.05) is 19.4 Å². The van der Waals surface area contributed by atoms with Crippen molar-refractivity contribution in [1.29, 1.82) is 0 Å². The second-order valence-corrected chi connectivity index (χ2v) is 5.32. The molecule has 1 aromatic heterocycles. The minimum atomic E-state index is -0.0980. The van der Waals surface area contributed by atoms with Crippen molar-refractivity contribution in [3.05, 3.63) is 18.2 Å². The summed E-state index contributed by atoms with van der Waals surface area (Å²) in [5, 5.41) is 3.45. The van der Waals surface area contributed by atoms with Crippen LogP contribution in [0.5, 0.6) is 0 Å². The predicted octanol–water partition coefficient (Wildman–Crippen LogP) is 2.12. The van der Waals surface area contributed by atoms with E-state index in [9.17, 15) is 0 Å². The van der Waals surface area contributed by atoms with Crippen LogP contribution in [0.1, 0.15) is 45.3 Å². The van der Waals surface area contributed by atoms with E-state index in [2.05, 4.69) is 28.7 Å². The average molecular weight is 237 g/mol. The minimum Gasteiger partial charge on any atom is -0.375 e. The second kappa shape index (κ2) is 5.19. The molecule has 1 N–H and O–H groups in total. The SMILES string of the molecule is CCOC(C)(C)CNCc1cncn1C1CC1. The van der Waals surface area contributed by atoms with Crippen LogP contribution in [-0.4, -0.2) is 28.3 Å². The summed E-state index contributed by atoms with van der Waals surface area (Å²) in [6, 6.07) is 0.703. The molecule has 0 spiro atoms. The predicted molar refractivity (Wildman–Crippen MR) is 67.9 cm³/mol. The van der Waals surface area contributed by atoms with Crippen LogP contribution in [0.4, 0.5) is 0 Å². The molecule has 4 heteroatoms. The quantitative estimate of drug-likeness (QED) is 0.789. The maximum Gasteiger partial charge on any atom is 0.0951 e. The number of ether oxygens (including phenoxy) is 1. The molecular weight excluding hydrogens is 214 g/mol. The Morgan fingerprint density at radius 2 is 2.29 bits per heavy atom. The lowest BCUT2D eigenvalue weighted by atomic mass is 10.1. The third-order valence-electron chi connectivity index (χ3n) is 3.08. The van der Waals surface area contributed by atoms with Crippen LogP contribution >= 0.6 is 0 Å². The van der Waals surface area contributed by atoms with E-state index in [-0.39, 0.29) is 5.60 Å². The lowest BCUT2D eigenvalue weighted by molar-refractivity contribution is -0.00905. The Morgan fingerprint density at radius 1 is 1.53 bits per heavy atom. The lowest BCUT2D eigenvalue weighted by Gasteiger charge is -2.25. The van der Waals surface area contributed by atoms with E-state index in [0.717, 1.165) is 19.7 Å². The van der Waals surface area contributed by atoms with Crippen LogP contribution in [0.3, 0.4) is 0 Å². The topological polar surface area (TPSA) is 39.1 Å². The molecule has 0 atom stereocenters. The van der Waals surface area contributed by atoms with Gasteiger partial charge in [0.1, 0.15) is 0 Å². The van der Waals surface area contributed by atoms with Gasteiger partial charge in [-0.1, -0.05) is 0 Å². The van der Waals surface area contributed by atoms with Crippen molar-refractivity contribution < 1.29 is 4.74 Å². The Kier molecular flexibility index (Phi) is 3.84. The maximum absolute atomic E-state index is 5.65. The molecule has 1 saturated carbocycles. The normalized spacial score (nSPS) is 16.4. The zero-order valence-electron chi connectivity index (χ0n) is 11.1. The highest BCUT2D eigenvalue weighted by Gasteiger charge is 2.25. The average Bonchev–Trinajstić information content (AvgIpc) is 2.99. The molecule has 1 aliphatic carbocycles. The lowest BCUT2D eigenvalue weighted by Crippen LogP contribution is -2.37. The summed E-state index contributed by atoms with van der Waals surface area (Å²) in [4.78, 5) is 4.23. The highest BCUT2D eigenvalue weighted by atomic mass is 16.5.